The van der Waals surface area contributed by atoms with E-state index in [0.717, 1.165) is 51.1 Å². The Kier molecular flexibility index (Phi) is 26.1. The quantitative estimate of drug-likeness (QED) is 0.109. The Morgan fingerprint density at radius 3 is 1.26 bits per heavy atom. The Balaban J connectivity index is 0.000000721. The average molecular weight is 703 g/mol. The van der Waals surface area contributed by atoms with Gasteiger partial charge in [-0.25, -0.2) is 0 Å². The molecule has 0 atom stereocenters. The summed E-state index contributed by atoms with van der Waals surface area (Å²) in [7, 11) is 0. The molecule has 0 saturated heterocycles. The number of aliphatic imine (C=N–C) groups is 2. The molecule has 2 aliphatic rings. The molecule has 0 amide bonds. The van der Waals surface area contributed by atoms with Gasteiger partial charge >= 0.3 is 16.5 Å². The average Bonchev–Trinajstić information content (AvgIpc) is 3.03. The van der Waals surface area contributed by atoms with Gasteiger partial charge in [-0.1, -0.05) is 61.4 Å². The van der Waals surface area contributed by atoms with Crippen LogP contribution in [0.1, 0.15) is 88.2 Å². The summed E-state index contributed by atoms with van der Waals surface area (Å²) < 4.78 is 0. The van der Waals surface area contributed by atoms with E-state index in [1.807, 2.05) is 24.3 Å². The number of hydrogen-bond donors (Lipinski definition) is 2. The van der Waals surface area contributed by atoms with Crippen LogP contribution < -0.4 is 20.8 Å². The fraction of sp³-hybridized carbons (Fsp3) is 0.562. The summed E-state index contributed by atoms with van der Waals surface area (Å²) in [4.78, 5) is 25.2. The second kappa shape index (κ2) is 28.4. The largest absolute Gasteiger partial charge is 2.00 e. The number of quaternary nitrogens is 2. The molecule has 0 spiro atoms. The van der Waals surface area contributed by atoms with Crippen molar-refractivity contribution in [2.24, 2.45) is 9.98 Å². The van der Waals surface area contributed by atoms with Gasteiger partial charge in [0, 0.05) is 38.4 Å². The fourth-order valence-corrected chi connectivity index (χ4v) is 5.31. The molecular formula is C32H48N6NiO8. The summed E-state index contributed by atoms with van der Waals surface area (Å²) in [5.74, 6) is 0.111. The predicted molar refractivity (Wildman–Crippen MR) is 174 cm³/mol. The Morgan fingerprint density at radius 1 is 0.617 bits per heavy atom. The number of nitrogens with zero attached hydrogens (tertiary/aromatic N) is 4. The molecule has 2 aromatic carbocycles. The molecule has 2 aromatic rings. The van der Waals surface area contributed by atoms with Gasteiger partial charge in [0.2, 0.25) is 0 Å². The maximum atomic E-state index is 11.4. The van der Waals surface area contributed by atoms with E-state index >= 15 is 0 Å². The molecule has 0 bridgehead atoms. The van der Waals surface area contributed by atoms with E-state index in [0.29, 0.717) is 11.1 Å². The van der Waals surface area contributed by atoms with E-state index in [9.17, 15) is 10.2 Å². The van der Waals surface area contributed by atoms with Gasteiger partial charge in [0.15, 0.2) is 0 Å². The van der Waals surface area contributed by atoms with Crippen LogP contribution in [0, 0.1) is 30.6 Å². The Hall–Kier alpha value is -3.81. The number of rotatable bonds is 12. The SMILES string of the molecule is O=[N+]([O-])[O-].O=[N+]([O-])[O-].[Ni+2].[O-]c1ccccc1C=NCCC[NH2+]C1CCCCC1.[O-]c1ccccc1C=NCCC[NH2+]C1CCCCC1. The van der Waals surface area contributed by atoms with Crippen molar-refractivity contribution in [3.8, 4) is 11.5 Å². The van der Waals surface area contributed by atoms with Gasteiger partial charge < -0.3 is 51.5 Å². The van der Waals surface area contributed by atoms with Crippen molar-refractivity contribution in [2.45, 2.75) is 89.1 Å². The van der Waals surface area contributed by atoms with Gasteiger partial charge in [-0.15, -0.1) is 11.5 Å². The number of benzene rings is 2. The Labute approximate surface area is 286 Å². The first-order valence-electron chi connectivity index (χ1n) is 16.0. The third-order valence-corrected chi connectivity index (χ3v) is 7.58. The fourth-order valence-electron chi connectivity index (χ4n) is 5.31. The molecule has 264 valence electrons. The van der Waals surface area contributed by atoms with Crippen LogP contribution in [0.4, 0.5) is 0 Å². The molecule has 0 radical (unpaired) electrons. The minimum atomic E-state index is -1.75. The summed E-state index contributed by atoms with van der Waals surface area (Å²) in [6.07, 6.45) is 19.6. The molecule has 4 rings (SSSR count). The molecule has 14 nitrogen and oxygen atoms in total. The summed E-state index contributed by atoms with van der Waals surface area (Å²) >= 11 is 0. The van der Waals surface area contributed by atoms with Crippen LogP contribution in [0.3, 0.4) is 0 Å². The van der Waals surface area contributed by atoms with Crippen LogP contribution in [0.5, 0.6) is 11.5 Å². The van der Waals surface area contributed by atoms with Gasteiger partial charge in [-0.05, 0) is 62.5 Å². The monoisotopic (exact) mass is 702 g/mol. The van der Waals surface area contributed by atoms with Gasteiger partial charge in [0.25, 0.3) is 0 Å². The molecule has 2 aliphatic carbocycles. The minimum absolute atomic E-state index is 0. The van der Waals surface area contributed by atoms with Crippen LogP contribution in [-0.4, -0.2) is 60.9 Å². The van der Waals surface area contributed by atoms with Gasteiger partial charge in [-0.3, -0.25) is 9.98 Å². The normalized spacial score (nSPS) is 14.8. The third kappa shape index (κ3) is 25.0. The first kappa shape index (κ1) is 43.2. The van der Waals surface area contributed by atoms with Crippen molar-refractivity contribution in [3.63, 3.8) is 0 Å². The smallest absolute Gasteiger partial charge is 0.872 e. The summed E-state index contributed by atoms with van der Waals surface area (Å²) in [5.41, 5.74) is 1.39. The first-order valence-corrected chi connectivity index (χ1v) is 16.0. The summed E-state index contributed by atoms with van der Waals surface area (Å²) in [6.45, 7) is 3.94. The van der Waals surface area contributed by atoms with Gasteiger partial charge in [0.05, 0.1) is 35.3 Å². The molecule has 0 aliphatic heterocycles. The van der Waals surface area contributed by atoms with E-state index in [4.69, 9.17) is 30.6 Å². The van der Waals surface area contributed by atoms with Gasteiger partial charge in [-0.2, -0.15) is 0 Å². The number of para-hydroxylation sites is 2. The predicted octanol–water partition coefficient (Wildman–Crippen LogP) is 2.45. The van der Waals surface area contributed by atoms with E-state index in [1.54, 1.807) is 36.7 Å². The molecule has 0 unspecified atom stereocenters. The zero-order valence-electron chi connectivity index (χ0n) is 26.8. The second-order valence-electron chi connectivity index (χ2n) is 11.1. The molecule has 47 heavy (non-hydrogen) atoms. The third-order valence-electron chi connectivity index (χ3n) is 7.58. The zero-order chi connectivity index (χ0) is 33.8. The van der Waals surface area contributed by atoms with Crippen LogP contribution in [0.25, 0.3) is 0 Å². The summed E-state index contributed by atoms with van der Waals surface area (Å²) in [5, 5.41) is 57.4. The molecule has 15 heteroatoms. The van der Waals surface area contributed by atoms with Crippen LogP contribution in [-0.2, 0) is 16.5 Å². The Morgan fingerprint density at radius 2 is 0.936 bits per heavy atom. The van der Waals surface area contributed by atoms with Crippen LogP contribution in [0.15, 0.2) is 58.5 Å². The van der Waals surface area contributed by atoms with Crippen molar-refractivity contribution in [2.75, 3.05) is 26.2 Å². The standard InChI is InChI=1S/2C16H24N2O.2NO3.Ni/c2*19-16-10-5-4-7-14(16)13-17-11-6-12-18-15-8-2-1-3-9-15;2*2-1(3)4;/h2*4-5,7,10,13,15,18-19H,1-3,6,8-9,11-12H2;;;/q;;2*-1;+2. The van der Waals surface area contributed by atoms with Crippen molar-refractivity contribution in [1.82, 2.24) is 0 Å². The van der Waals surface area contributed by atoms with Crippen LogP contribution in [0.2, 0.25) is 0 Å². The Bertz CT molecular complexity index is 1060. The number of nitrogens with two attached hydrogens (primary N) is 2. The molecule has 2 fully saturated rings. The first-order chi connectivity index (χ1) is 22.2. The van der Waals surface area contributed by atoms with Gasteiger partial charge in [0.1, 0.15) is 0 Å². The molecule has 0 heterocycles. The minimum Gasteiger partial charge on any atom is -0.872 e. The van der Waals surface area contributed by atoms with Crippen LogP contribution >= 0.6 is 0 Å². The van der Waals surface area contributed by atoms with Crippen molar-refractivity contribution >= 4 is 12.4 Å². The van der Waals surface area contributed by atoms with E-state index in [2.05, 4.69) is 20.6 Å². The molecule has 2 saturated carbocycles. The second-order valence-corrected chi connectivity index (χ2v) is 11.1. The van der Waals surface area contributed by atoms with E-state index in [1.165, 1.54) is 64.2 Å². The molecule has 4 N–H and O–H groups in total. The van der Waals surface area contributed by atoms with E-state index in [-0.39, 0.29) is 28.0 Å². The maximum Gasteiger partial charge on any atom is 2.00 e. The molecule has 0 aromatic heterocycles. The zero-order valence-corrected chi connectivity index (χ0v) is 27.8. The van der Waals surface area contributed by atoms with Crippen molar-refractivity contribution < 1.29 is 47.5 Å². The maximum absolute atomic E-state index is 11.4. The summed E-state index contributed by atoms with van der Waals surface area (Å²) in [6, 6.07) is 15.8. The number of hydrogen-bond acceptors (Lipinski definition) is 10. The van der Waals surface area contributed by atoms with Crippen molar-refractivity contribution in [3.05, 3.63) is 90.3 Å². The molecular weight excluding hydrogens is 655 g/mol. The van der Waals surface area contributed by atoms with E-state index < -0.39 is 10.2 Å². The topological polar surface area (TPSA) is 236 Å². The van der Waals surface area contributed by atoms with Crippen molar-refractivity contribution in [1.29, 1.82) is 0 Å².